The number of hydrogen-bond donors (Lipinski definition) is 2. The fourth-order valence-electron chi connectivity index (χ4n) is 2.76. The average Bonchev–Trinajstić information content (AvgIpc) is 2.76. The monoisotopic (exact) mass is 392 g/mol. The van der Waals surface area contributed by atoms with Crippen LogP contribution >= 0.6 is 0 Å². The van der Waals surface area contributed by atoms with E-state index in [1.807, 2.05) is 48.5 Å². The van der Waals surface area contributed by atoms with Gasteiger partial charge in [-0.3, -0.25) is 4.79 Å². The molecule has 1 aromatic heterocycles. The van der Waals surface area contributed by atoms with E-state index < -0.39 is 0 Å². The van der Waals surface area contributed by atoms with E-state index in [0.717, 1.165) is 22.6 Å². The molecule has 0 aliphatic rings. The zero-order valence-electron chi connectivity index (χ0n) is 16.7. The first-order valence-corrected chi connectivity index (χ1v) is 9.20. The summed E-state index contributed by atoms with van der Waals surface area (Å²) < 4.78 is 10.4. The number of nitrogens with zero attached hydrogens (tertiary/aromatic N) is 2. The second kappa shape index (κ2) is 9.54. The number of aromatic nitrogens is 2. The van der Waals surface area contributed by atoms with Gasteiger partial charge in [0, 0.05) is 19.3 Å². The minimum Gasteiger partial charge on any atom is -0.497 e. The molecule has 0 fully saturated rings. The number of anilines is 1. The van der Waals surface area contributed by atoms with E-state index >= 15 is 0 Å². The molecule has 0 aliphatic heterocycles. The smallest absolute Gasteiger partial charge is 0.254 e. The molecule has 2 N–H and O–H groups in total. The molecule has 0 aliphatic carbocycles. The Morgan fingerprint density at radius 3 is 2.41 bits per heavy atom. The minimum absolute atomic E-state index is 0.216. The number of nitrogens with one attached hydrogen (secondary N) is 2. The highest BCUT2D eigenvalue weighted by Crippen LogP contribution is 2.14. The van der Waals surface area contributed by atoms with Crippen molar-refractivity contribution in [2.75, 3.05) is 19.5 Å². The number of benzene rings is 2. The van der Waals surface area contributed by atoms with Gasteiger partial charge in [0.25, 0.3) is 5.91 Å². The molecule has 7 heteroatoms. The molecule has 0 saturated carbocycles. The highest BCUT2D eigenvalue weighted by molar-refractivity contribution is 5.94. The maximum Gasteiger partial charge on any atom is 0.254 e. The van der Waals surface area contributed by atoms with E-state index in [1.54, 1.807) is 27.3 Å². The molecule has 1 heterocycles. The molecule has 0 atom stereocenters. The molecule has 3 aromatic rings. The molecule has 0 radical (unpaired) electrons. The molecule has 0 bridgehead atoms. The molecule has 1 amide bonds. The summed E-state index contributed by atoms with van der Waals surface area (Å²) in [4.78, 5) is 21.2. The predicted molar refractivity (Wildman–Crippen MR) is 111 cm³/mol. The van der Waals surface area contributed by atoms with Crippen molar-refractivity contribution >= 4 is 11.9 Å². The Morgan fingerprint density at radius 1 is 0.966 bits per heavy atom. The Morgan fingerprint density at radius 2 is 1.72 bits per heavy atom. The van der Waals surface area contributed by atoms with Crippen molar-refractivity contribution in [2.24, 2.45) is 0 Å². The number of rotatable bonds is 8. The Hall–Kier alpha value is -3.61. The van der Waals surface area contributed by atoms with E-state index in [0.29, 0.717) is 30.3 Å². The number of carbonyl (C=O) groups excluding carboxylic acids is 1. The largest absolute Gasteiger partial charge is 0.497 e. The van der Waals surface area contributed by atoms with E-state index in [-0.39, 0.29) is 5.91 Å². The van der Waals surface area contributed by atoms with Crippen LogP contribution in [0.1, 0.15) is 27.2 Å². The third-order valence-corrected chi connectivity index (χ3v) is 4.42. The van der Waals surface area contributed by atoms with Gasteiger partial charge < -0.3 is 20.1 Å². The molecule has 3 rings (SSSR count). The first-order valence-electron chi connectivity index (χ1n) is 9.20. The normalized spacial score (nSPS) is 10.3. The molecule has 29 heavy (non-hydrogen) atoms. The number of ether oxygens (including phenoxy) is 2. The van der Waals surface area contributed by atoms with Crippen molar-refractivity contribution in [2.45, 2.75) is 20.0 Å². The van der Waals surface area contributed by atoms with E-state index in [9.17, 15) is 4.79 Å². The van der Waals surface area contributed by atoms with Crippen molar-refractivity contribution in [1.82, 2.24) is 15.3 Å². The lowest BCUT2D eigenvalue weighted by Gasteiger charge is -2.10. The van der Waals surface area contributed by atoms with E-state index in [2.05, 4.69) is 20.6 Å². The van der Waals surface area contributed by atoms with Crippen LogP contribution in [0.15, 0.2) is 54.7 Å². The average molecular weight is 392 g/mol. The second-order valence-corrected chi connectivity index (χ2v) is 6.43. The summed E-state index contributed by atoms with van der Waals surface area (Å²) in [7, 11) is 3.25. The highest BCUT2D eigenvalue weighted by atomic mass is 16.5. The topological polar surface area (TPSA) is 85.4 Å². The minimum atomic E-state index is -0.216. The fraction of sp³-hybridized carbons (Fsp3) is 0.227. The number of aryl methyl sites for hydroxylation is 1. The number of methoxy groups -OCH3 is 2. The van der Waals surface area contributed by atoms with Crippen molar-refractivity contribution in [3.8, 4) is 11.5 Å². The Kier molecular flexibility index (Phi) is 6.63. The predicted octanol–water partition coefficient (Wildman–Crippen LogP) is 3.34. The van der Waals surface area contributed by atoms with Crippen LogP contribution in [-0.2, 0) is 13.1 Å². The van der Waals surface area contributed by atoms with Crippen molar-refractivity contribution in [3.05, 3.63) is 77.1 Å². The third-order valence-electron chi connectivity index (χ3n) is 4.42. The number of carbonyl (C=O) groups is 1. The Bertz CT molecular complexity index is 974. The standard InChI is InChI=1S/C22H24N4O3/c1-15-20(21(27)23-13-17-5-4-6-19(11-17)29-3)14-25-22(26-15)24-12-16-7-9-18(28-2)10-8-16/h4-11,14H,12-13H2,1-3H3,(H,23,27)(H,24,25,26). The van der Waals surface area contributed by atoms with Gasteiger partial charge in [-0.25, -0.2) is 9.97 Å². The maximum atomic E-state index is 12.5. The summed E-state index contributed by atoms with van der Waals surface area (Å²) in [5, 5.41) is 6.06. The van der Waals surface area contributed by atoms with Gasteiger partial charge >= 0.3 is 0 Å². The van der Waals surface area contributed by atoms with Gasteiger partial charge in [-0.1, -0.05) is 24.3 Å². The summed E-state index contributed by atoms with van der Waals surface area (Å²) in [5.74, 6) is 1.82. The summed E-state index contributed by atoms with van der Waals surface area (Å²) in [5.41, 5.74) is 3.09. The third kappa shape index (κ3) is 5.44. The van der Waals surface area contributed by atoms with Crippen molar-refractivity contribution < 1.29 is 14.3 Å². The first kappa shape index (κ1) is 20.1. The van der Waals surface area contributed by atoms with Gasteiger partial charge in [-0.05, 0) is 42.3 Å². The SMILES string of the molecule is COc1ccc(CNc2ncc(C(=O)NCc3cccc(OC)c3)c(C)n2)cc1. The molecular formula is C22H24N4O3. The van der Waals surface area contributed by atoms with Gasteiger partial charge in [0.15, 0.2) is 0 Å². The van der Waals surface area contributed by atoms with Crippen LogP contribution in [0, 0.1) is 6.92 Å². The van der Waals surface area contributed by atoms with Gasteiger partial charge in [-0.15, -0.1) is 0 Å². The molecule has 150 valence electrons. The van der Waals surface area contributed by atoms with Gasteiger partial charge in [-0.2, -0.15) is 0 Å². The molecule has 7 nitrogen and oxygen atoms in total. The van der Waals surface area contributed by atoms with E-state index in [1.165, 1.54) is 0 Å². The zero-order valence-corrected chi connectivity index (χ0v) is 16.7. The van der Waals surface area contributed by atoms with Crippen LogP contribution in [0.5, 0.6) is 11.5 Å². The first-order chi connectivity index (χ1) is 14.1. The molecule has 0 unspecified atom stereocenters. The van der Waals surface area contributed by atoms with Crippen LogP contribution in [-0.4, -0.2) is 30.1 Å². The van der Waals surface area contributed by atoms with Crippen LogP contribution < -0.4 is 20.1 Å². The van der Waals surface area contributed by atoms with Crippen LogP contribution in [0.25, 0.3) is 0 Å². The second-order valence-electron chi connectivity index (χ2n) is 6.43. The molecule has 0 saturated heterocycles. The lowest BCUT2D eigenvalue weighted by Crippen LogP contribution is -2.24. The maximum absolute atomic E-state index is 12.5. The lowest BCUT2D eigenvalue weighted by molar-refractivity contribution is 0.0949. The number of amides is 1. The van der Waals surface area contributed by atoms with Gasteiger partial charge in [0.2, 0.25) is 5.95 Å². The molecular weight excluding hydrogens is 368 g/mol. The Labute approximate surface area is 170 Å². The van der Waals surface area contributed by atoms with Gasteiger partial charge in [0.1, 0.15) is 11.5 Å². The van der Waals surface area contributed by atoms with Crippen LogP contribution in [0.2, 0.25) is 0 Å². The van der Waals surface area contributed by atoms with Crippen molar-refractivity contribution in [3.63, 3.8) is 0 Å². The van der Waals surface area contributed by atoms with Crippen LogP contribution in [0.3, 0.4) is 0 Å². The molecule has 0 spiro atoms. The van der Waals surface area contributed by atoms with Crippen LogP contribution in [0.4, 0.5) is 5.95 Å². The summed E-state index contributed by atoms with van der Waals surface area (Å²) in [6.07, 6.45) is 1.54. The highest BCUT2D eigenvalue weighted by Gasteiger charge is 2.12. The zero-order chi connectivity index (χ0) is 20.6. The number of hydrogen-bond acceptors (Lipinski definition) is 6. The summed E-state index contributed by atoms with van der Waals surface area (Å²) in [6, 6.07) is 15.3. The van der Waals surface area contributed by atoms with Gasteiger partial charge in [0.05, 0.1) is 25.5 Å². The molecule has 2 aromatic carbocycles. The summed E-state index contributed by atoms with van der Waals surface area (Å²) in [6.45, 7) is 2.76. The quantitative estimate of drug-likeness (QED) is 0.612. The Balaban J connectivity index is 1.58. The van der Waals surface area contributed by atoms with E-state index in [4.69, 9.17) is 9.47 Å². The lowest BCUT2D eigenvalue weighted by atomic mass is 10.2. The fourth-order valence-corrected chi connectivity index (χ4v) is 2.76. The van der Waals surface area contributed by atoms with Crippen molar-refractivity contribution in [1.29, 1.82) is 0 Å². The summed E-state index contributed by atoms with van der Waals surface area (Å²) >= 11 is 0.